The van der Waals surface area contributed by atoms with Gasteiger partial charge in [-0.3, -0.25) is 0 Å². The summed E-state index contributed by atoms with van der Waals surface area (Å²) in [4.78, 5) is 8.32. The van der Waals surface area contributed by atoms with Crippen molar-refractivity contribution < 1.29 is 0 Å². The van der Waals surface area contributed by atoms with E-state index in [0.29, 0.717) is 16.4 Å². The molecule has 6 heteroatoms. The fourth-order valence-corrected chi connectivity index (χ4v) is 1.74. The van der Waals surface area contributed by atoms with Crippen LogP contribution in [0.3, 0.4) is 0 Å². The van der Waals surface area contributed by atoms with Gasteiger partial charge in [-0.05, 0) is 35.8 Å². The number of hydrogen-bond acceptors (Lipinski definition) is 4. The van der Waals surface area contributed by atoms with Crippen LogP contribution in [0.4, 0.5) is 5.82 Å². The molecule has 0 radical (unpaired) electrons. The molecule has 0 fully saturated rings. The summed E-state index contributed by atoms with van der Waals surface area (Å²) in [5.41, 5.74) is 7.53. The van der Waals surface area contributed by atoms with Crippen molar-refractivity contribution in [2.75, 3.05) is 5.73 Å². The number of nitrogens with zero attached hydrogens (tertiary/aromatic N) is 4. The molecular formula is C9H10BrN5. The predicted molar refractivity (Wildman–Crippen MR) is 60.7 cm³/mol. The van der Waals surface area contributed by atoms with Crippen molar-refractivity contribution in [1.82, 2.24) is 19.7 Å². The predicted octanol–water partition coefficient (Wildman–Crippen LogP) is 1.62. The summed E-state index contributed by atoms with van der Waals surface area (Å²) in [5, 5.41) is 4.28. The van der Waals surface area contributed by atoms with Crippen LogP contribution >= 0.6 is 15.9 Å². The van der Waals surface area contributed by atoms with Crippen molar-refractivity contribution in [3.8, 4) is 5.95 Å². The fourth-order valence-electron chi connectivity index (χ4n) is 1.35. The van der Waals surface area contributed by atoms with Crippen LogP contribution in [0.15, 0.2) is 16.7 Å². The van der Waals surface area contributed by atoms with Crippen LogP contribution in [0.25, 0.3) is 5.95 Å². The second-order valence-corrected chi connectivity index (χ2v) is 4.07. The minimum absolute atomic E-state index is 0.416. The molecule has 0 aliphatic carbocycles. The molecule has 0 spiro atoms. The molecule has 0 aliphatic rings. The molecule has 78 valence electrons. The van der Waals surface area contributed by atoms with Crippen LogP contribution in [0.5, 0.6) is 0 Å². The lowest BCUT2D eigenvalue weighted by molar-refractivity contribution is 0.772. The number of nitrogen functional groups attached to an aromatic ring is 1. The normalized spacial score (nSPS) is 10.6. The van der Waals surface area contributed by atoms with Crippen molar-refractivity contribution in [3.63, 3.8) is 0 Å². The number of hydrogen-bond donors (Lipinski definition) is 1. The van der Waals surface area contributed by atoms with E-state index in [0.717, 1.165) is 11.4 Å². The molecule has 0 aromatic carbocycles. The Kier molecular flexibility index (Phi) is 2.44. The van der Waals surface area contributed by atoms with Crippen molar-refractivity contribution >= 4 is 21.7 Å². The van der Waals surface area contributed by atoms with E-state index in [1.165, 1.54) is 0 Å². The second kappa shape index (κ2) is 3.62. The standard InChI is InChI=1S/C9H10BrN5/c1-5-3-6(2)15(14-5)9-12-7(10)4-8(11)13-9/h3-4H,1-2H3,(H2,11,12,13). The maximum Gasteiger partial charge on any atom is 0.253 e. The van der Waals surface area contributed by atoms with Gasteiger partial charge in [-0.2, -0.15) is 10.1 Å². The van der Waals surface area contributed by atoms with E-state index in [9.17, 15) is 0 Å². The molecule has 15 heavy (non-hydrogen) atoms. The molecule has 2 heterocycles. The highest BCUT2D eigenvalue weighted by Gasteiger charge is 2.07. The minimum Gasteiger partial charge on any atom is -0.383 e. The molecular weight excluding hydrogens is 258 g/mol. The van der Waals surface area contributed by atoms with Crippen LogP contribution in [-0.2, 0) is 0 Å². The minimum atomic E-state index is 0.416. The van der Waals surface area contributed by atoms with Crippen LogP contribution in [0.2, 0.25) is 0 Å². The van der Waals surface area contributed by atoms with Gasteiger partial charge in [0.25, 0.3) is 5.95 Å². The lowest BCUT2D eigenvalue weighted by atomic mass is 10.4. The topological polar surface area (TPSA) is 69.6 Å². The SMILES string of the molecule is Cc1cc(C)n(-c2nc(N)cc(Br)n2)n1. The van der Waals surface area contributed by atoms with E-state index in [-0.39, 0.29) is 0 Å². The molecule has 0 unspecified atom stereocenters. The van der Waals surface area contributed by atoms with E-state index >= 15 is 0 Å². The Morgan fingerprint density at radius 3 is 2.53 bits per heavy atom. The quantitative estimate of drug-likeness (QED) is 0.798. The summed E-state index contributed by atoms with van der Waals surface area (Å²) in [6.45, 7) is 3.87. The fraction of sp³-hybridized carbons (Fsp3) is 0.222. The molecule has 2 aromatic rings. The van der Waals surface area contributed by atoms with E-state index in [1.807, 2.05) is 19.9 Å². The molecule has 2 N–H and O–H groups in total. The van der Waals surface area contributed by atoms with Crippen LogP contribution in [0.1, 0.15) is 11.4 Å². The van der Waals surface area contributed by atoms with Gasteiger partial charge in [-0.1, -0.05) is 0 Å². The van der Waals surface area contributed by atoms with Gasteiger partial charge in [0.15, 0.2) is 0 Å². The van der Waals surface area contributed by atoms with Gasteiger partial charge in [0.1, 0.15) is 10.4 Å². The summed E-state index contributed by atoms with van der Waals surface area (Å²) < 4.78 is 2.31. The Morgan fingerprint density at radius 1 is 1.27 bits per heavy atom. The number of aromatic nitrogens is 4. The molecule has 0 atom stereocenters. The van der Waals surface area contributed by atoms with Crippen molar-refractivity contribution in [3.05, 3.63) is 28.1 Å². The number of halogens is 1. The summed E-state index contributed by atoms with van der Waals surface area (Å²) in [6, 6.07) is 3.61. The van der Waals surface area contributed by atoms with Gasteiger partial charge in [0, 0.05) is 11.8 Å². The maximum absolute atomic E-state index is 5.63. The molecule has 5 nitrogen and oxygen atoms in total. The first-order chi connectivity index (χ1) is 7.06. The third-order valence-electron chi connectivity index (χ3n) is 1.90. The van der Waals surface area contributed by atoms with E-state index in [2.05, 4.69) is 31.0 Å². The zero-order valence-electron chi connectivity index (χ0n) is 8.40. The molecule has 0 aliphatic heterocycles. The second-order valence-electron chi connectivity index (χ2n) is 3.25. The Bertz CT molecular complexity index is 485. The van der Waals surface area contributed by atoms with Gasteiger partial charge in [0.2, 0.25) is 0 Å². The average Bonchev–Trinajstić information content (AvgIpc) is 2.43. The summed E-state index contributed by atoms with van der Waals surface area (Å²) in [5.74, 6) is 0.895. The summed E-state index contributed by atoms with van der Waals surface area (Å²) >= 11 is 3.27. The van der Waals surface area contributed by atoms with E-state index in [1.54, 1.807) is 10.7 Å². The molecule has 0 saturated carbocycles. The highest BCUT2D eigenvalue weighted by Crippen LogP contribution is 2.13. The van der Waals surface area contributed by atoms with Gasteiger partial charge in [-0.15, -0.1) is 0 Å². The molecule has 0 bridgehead atoms. The lowest BCUT2D eigenvalue weighted by Crippen LogP contribution is -2.06. The van der Waals surface area contributed by atoms with Gasteiger partial charge < -0.3 is 5.73 Å². The first-order valence-corrected chi connectivity index (χ1v) is 5.19. The highest BCUT2D eigenvalue weighted by molar-refractivity contribution is 9.10. The first kappa shape index (κ1) is 10.1. The van der Waals surface area contributed by atoms with Gasteiger partial charge in [0.05, 0.1) is 5.69 Å². The highest BCUT2D eigenvalue weighted by atomic mass is 79.9. The molecule has 2 rings (SSSR count). The van der Waals surface area contributed by atoms with Crippen LogP contribution in [-0.4, -0.2) is 19.7 Å². The Labute approximate surface area is 95.5 Å². The zero-order valence-corrected chi connectivity index (χ0v) is 9.98. The third-order valence-corrected chi connectivity index (χ3v) is 2.31. The maximum atomic E-state index is 5.63. The summed E-state index contributed by atoms with van der Waals surface area (Å²) in [7, 11) is 0. The van der Waals surface area contributed by atoms with Gasteiger partial charge in [-0.25, -0.2) is 9.67 Å². The average molecular weight is 268 g/mol. The zero-order chi connectivity index (χ0) is 11.0. The Balaban J connectivity index is 2.58. The third kappa shape index (κ3) is 1.99. The number of aryl methyl sites for hydroxylation is 2. The van der Waals surface area contributed by atoms with Crippen molar-refractivity contribution in [1.29, 1.82) is 0 Å². The van der Waals surface area contributed by atoms with Gasteiger partial charge >= 0.3 is 0 Å². The number of nitrogens with two attached hydrogens (primary N) is 1. The Morgan fingerprint density at radius 2 is 2.00 bits per heavy atom. The molecule has 0 saturated heterocycles. The van der Waals surface area contributed by atoms with E-state index < -0.39 is 0 Å². The van der Waals surface area contributed by atoms with Crippen molar-refractivity contribution in [2.24, 2.45) is 0 Å². The summed E-state index contributed by atoms with van der Waals surface area (Å²) in [6.07, 6.45) is 0. The smallest absolute Gasteiger partial charge is 0.253 e. The molecule has 0 amide bonds. The first-order valence-electron chi connectivity index (χ1n) is 4.40. The largest absolute Gasteiger partial charge is 0.383 e. The lowest BCUT2D eigenvalue weighted by Gasteiger charge is -2.03. The number of anilines is 1. The monoisotopic (exact) mass is 267 g/mol. The Hall–Kier alpha value is -1.43. The van der Waals surface area contributed by atoms with Crippen molar-refractivity contribution in [2.45, 2.75) is 13.8 Å². The van der Waals surface area contributed by atoms with E-state index in [4.69, 9.17) is 5.73 Å². The number of rotatable bonds is 1. The molecule has 2 aromatic heterocycles. The van der Waals surface area contributed by atoms with Crippen LogP contribution < -0.4 is 5.73 Å². The van der Waals surface area contributed by atoms with Crippen LogP contribution in [0, 0.1) is 13.8 Å².